The van der Waals surface area contributed by atoms with Crippen LogP contribution in [0.15, 0.2) is 36.4 Å². The van der Waals surface area contributed by atoms with E-state index < -0.39 is 10.8 Å². The quantitative estimate of drug-likeness (QED) is 0.534. The zero-order valence-corrected chi connectivity index (χ0v) is 11.2. The van der Waals surface area contributed by atoms with Gasteiger partial charge in [0.1, 0.15) is 11.0 Å². The number of hydrogen-bond acceptors (Lipinski definition) is 4. The lowest BCUT2D eigenvalue weighted by molar-refractivity contribution is -0.384. The first-order valence-electron chi connectivity index (χ1n) is 5.66. The Labute approximate surface area is 119 Å². The molecule has 0 fully saturated rings. The number of nitrogens with zero attached hydrogens (tertiary/aromatic N) is 2. The number of pyridine rings is 1. The number of halogens is 1. The lowest BCUT2D eigenvalue weighted by atomic mass is 10.1. The SMILES string of the molecule is Cc1ccc([N+](=O)[O-])cc1C(=O)Nc1cccc(Cl)n1. The molecule has 0 saturated carbocycles. The number of carbonyl (C=O) groups excluding carboxylic acids is 1. The molecule has 2 aromatic rings. The fraction of sp³-hybridized carbons (Fsp3) is 0.0769. The highest BCUT2D eigenvalue weighted by molar-refractivity contribution is 6.29. The molecule has 1 amide bonds. The topological polar surface area (TPSA) is 85.1 Å². The molecule has 0 aliphatic heterocycles. The van der Waals surface area contributed by atoms with Crippen LogP contribution >= 0.6 is 11.6 Å². The molecule has 102 valence electrons. The summed E-state index contributed by atoms with van der Waals surface area (Å²) in [6.07, 6.45) is 0. The van der Waals surface area contributed by atoms with E-state index >= 15 is 0 Å². The molecule has 7 heteroatoms. The number of non-ortho nitro benzene ring substituents is 1. The zero-order chi connectivity index (χ0) is 14.7. The molecule has 1 aromatic carbocycles. The summed E-state index contributed by atoms with van der Waals surface area (Å²) in [6, 6.07) is 8.91. The van der Waals surface area contributed by atoms with Crippen LogP contribution in [-0.4, -0.2) is 15.8 Å². The lowest BCUT2D eigenvalue weighted by Gasteiger charge is -2.07. The molecule has 6 nitrogen and oxygen atoms in total. The van der Waals surface area contributed by atoms with Crippen LogP contribution in [0, 0.1) is 17.0 Å². The fourth-order valence-electron chi connectivity index (χ4n) is 1.63. The number of carbonyl (C=O) groups is 1. The van der Waals surface area contributed by atoms with Crippen molar-refractivity contribution in [1.82, 2.24) is 4.98 Å². The summed E-state index contributed by atoms with van der Waals surface area (Å²) < 4.78 is 0. The third-order valence-electron chi connectivity index (χ3n) is 2.63. The minimum absolute atomic E-state index is 0.139. The highest BCUT2D eigenvalue weighted by atomic mass is 35.5. The number of nitro groups is 1. The Morgan fingerprint density at radius 3 is 2.75 bits per heavy atom. The highest BCUT2D eigenvalue weighted by Gasteiger charge is 2.15. The van der Waals surface area contributed by atoms with Gasteiger partial charge >= 0.3 is 0 Å². The molecule has 20 heavy (non-hydrogen) atoms. The molecule has 1 heterocycles. The fourth-order valence-corrected chi connectivity index (χ4v) is 1.79. The molecule has 0 bridgehead atoms. The first-order valence-corrected chi connectivity index (χ1v) is 6.04. The van der Waals surface area contributed by atoms with Crippen LogP contribution in [0.5, 0.6) is 0 Å². The number of anilines is 1. The first-order chi connectivity index (χ1) is 9.47. The molecule has 0 radical (unpaired) electrons. The van der Waals surface area contributed by atoms with Gasteiger partial charge in [0.05, 0.1) is 4.92 Å². The smallest absolute Gasteiger partial charge is 0.270 e. The van der Waals surface area contributed by atoms with Gasteiger partial charge in [-0.1, -0.05) is 23.7 Å². The van der Waals surface area contributed by atoms with Crippen LogP contribution < -0.4 is 5.32 Å². The van der Waals surface area contributed by atoms with Crippen molar-refractivity contribution >= 4 is 29.0 Å². The largest absolute Gasteiger partial charge is 0.307 e. The van der Waals surface area contributed by atoms with E-state index in [4.69, 9.17) is 11.6 Å². The Kier molecular flexibility index (Phi) is 3.95. The molecule has 0 spiro atoms. The molecule has 0 atom stereocenters. The molecule has 0 saturated heterocycles. The second kappa shape index (κ2) is 5.66. The van der Waals surface area contributed by atoms with Gasteiger partial charge in [0, 0.05) is 17.7 Å². The number of benzene rings is 1. The zero-order valence-electron chi connectivity index (χ0n) is 10.5. The molecule has 0 aliphatic carbocycles. The van der Waals surface area contributed by atoms with Gasteiger partial charge in [0.25, 0.3) is 11.6 Å². The predicted molar refractivity (Wildman–Crippen MR) is 75.0 cm³/mol. The van der Waals surface area contributed by atoms with E-state index in [2.05, 4.69) is 10.3 Å². The third kappa shape index (κ3) is 3.10. The van der Waals surface area contributed by atoms with Crippen LogP contribution in [0.4, 0.5) is 11.5 Å². The number of nitro benzene ring substituents is 1. The van der Waals surface area contributed by atoms with Crippen molar-refractivity contribution in [3.8, 4) is 0 Å². The van der Waals surface area contributed by atoms with Gasteiger partial charge in [-0.2, -0.15) is 0 Å². The summed E-state index contributed by atoms with van der Waals surface area (Å²) in [6.45, 7) is 1.70. The van der Waals surface area contributed by atoms with E-state index in [0.29, 0.717) is 5.56 Å². The molecule has 0 aliphatic rings. The normalized spacial score (nSPS) is 10.1. The van der Waals surface area contributed by atoms with Gasteiger partial charge in [0.15, 0.2) is 0 Å². The van der Waals surface area contributed by atoms with Gasteiger partial charge in [-0.3, -0.25) is 14.9 Å². The average molecular weight is 292 g/mol. The van der Waals surface area contributed by atoms with Crippen molar-refractivity contribution in [2.24, 2.45) is 0 Å². The van der Waals surface area contributed by atoms with Gasteiger partial charge in [0.2, 0.25) is 0 Å². The predicted octanol–water partition coefficient (Wildman–Crippen LogP) is 3.20. The van der Waals surface area contributed by atoms with Crippen LogP contribution in [-0.2, 0) is 0 Å². The van der Waals surface area contributed by atoms with Crippen molar-refractivity contribution < 1.29 is 9.72 Å². The second-order valence-electron chi connectivity index (χ2n) is 4.06. The molecular weight excluding hydrogens is 282 g/mol. The number of amides is 1. The van der Waals surface area contributed by atoms with Crippen molar-refractivity contribution in [1.29, 1.82) is 0 Å². The lowest BCUT2D eigenvalue weighted by Crippen LogP contribution is -2.14. The molecule has 1 N–H and O–H groups in total. The Bertz CT molecular complexity index is 688. The monoisotopic (exact) mass is 291 g/mol. The van der Waals surface area contributed by atoms with Crippen molar-refractivity contribution in [2.75, 3.05) is 5.32 Å². The van der Waals surface area contributed by atoms with Gasteiger partial charge in [-0.25, -0.2) is 4.98 Å². The summed E-state index contributed by atoms with van der Waals surface area (Å²) >= 11 is 5.72. The van der Waals surface area contributed by atoms with E-state index in [1.54, 1.807) is 25.1 Å². The highest BCUT2D eigenvalue weighted by Crippen LogP contribution is 2.19. The average Bonchev–Trinajstić information content (AvgIpc) is 2.38. The Balaban J connectivity index is 2.29. The van der Waals surface area contributed by atoms with Crippen LogP contribution in [0.1, 0.15) is 15.9 Å². The molecular formula is C13H10ClN3O3. The van der Waals surface area contributed by atoms with E-state index in [-0.39, 0.29) is 22.2 Å². The summed E-state index contributed by atoms with van der Waals surface area (Å²) in [5, 5.41) is 13.5. The van der Waals surface area contributed by atoms with Crippen molar-refractivity contribution in [2.45, 2.75) is 6.92 Å². The number of rotatable bonds is 3. The molecule has 2 rings (SSSR count). The van der Waals surface area contributed by atoms with E-state index in [1.807, 2.05) is 0 Å². The maximum Gasteiger partial charge on any atom is 0.270 e. The number of nitrogens with one attached hydrogen (secondary N) is 1. The van der Waals surface area contributed by atoms with Crippen molar-refractivity contribution in [3.05, 3.63) is 62.8 Å². The minimum atomic E-state index is -0.548. The Hall–Kier alpha value is -2.47. The maximum absolute atomic E-state index is 12.1. The van der Waals surface area contributed by atoms with Gasteiger partial charge in [-0.15, -0.1) is 0 Å². The van der Waals surface area contributed by atoms with E-state index in [9.17, 15) is 14.9 Å². The number of hydrogen-bond donors (Lipinski definition) is 1. The summed E-state index contributed by atoms with van der Waals surface area (Å²) in [5.41, 5.74) is 0.718. The van der Waals surface area contributed by atoms with Gasteiger partial charge < -0.3 is 5.32 Å². The Morgan fingerprint density at radius 1 is 1.35 bits per heavy atom. The molecule has 0 unspecified atom stereocenters. The number of aryl methyl sites for hydroxylation is 1. The van der Waals surface area contributed by atoms with Crippen LogP contribution in [0.25, 0.3) is 0 Å². The summed E-state index contributed by atoms with van der Waals surface area (Å²) in [5.74, 6) is -0.186. The van der Waals surface area contributed by atoms with E-state index in [1.165, 1.54) is 18.2 Å². The third-order valence-corrected chi connectivity index (χ3v) is 2.84. The summed E-state index contributed by atoms with van der Waals surface area (Å²) in [4.78, 5) is 26.2. The van der Waals surface area contributed by atoms with Crippen molar-refractivity contribution in [3.63, 3.8) is 0 Å². The maximum atomic E-state index is 12.1. The minimum Gasteiger partial charge on any atom is -0.307 e. The van der Waals surface area contributed by atoms with Crippen LogP contribution in [0.2, 0.25) is 5.15 Å². The standard InChI is InChI=1S/C13H10ClN3O3/c1-8-5-6-9(17(19)20)7-10(8)13(18)16-12-4-2-3-11(14)15-12/h2-7H,1H3,(H,15,16,18). The first kappa shape index (κ1) is 14.0. The van der Waals surface area contributed by atoms with Crippen LogP contribution in [0.3, 0.4) is 0 Å². The Morgan fingerprint density at radius 2 is 2.10 bits per heavy atom. The van der Waals surface area contributed by atoms with E-state index in [0.717, 1.165) is 0 Å². The summed E-state index contributed by atoms with van der Waals surface area (Å²) in [7, 11) is 0. The number of aromatic nitrogens is 1. The second-order valence-corrected chi connectivity index (χ2v) is 4.44. The molecule has 1 aromatic heterocycles. The van der Waals surface area contributed by atoms with Gasteiger partial charge in [-0.05, 0) is 24.6 Å².